The zero-order chi connectivity index (χ0) is 31.2. The number of benzene rings is 2. The lowest BCUT2D eigenvalue weighted by molar-refractivity contribution is 0.0936. The molecule has 4 heterocycles. The fourth-order valence-electron chi connectivity index (χ4n) is 5.54. The van der Waals surface area contributed by atoms with Crippen molar-refractivity contribution in [3.05, 3.63) is 100 Å². The Balaban J connectivity index is 1.29. The number of alkyl halides is 2. The third-order valence-corrected chi connectivity index (χ3v) is 8.62. The van der Waals surface area contributed by atoms with Crippen LogP contribution >= 0.6 is 11.3 Å². The summed E-state index contributed by atoms with van der Waals surface area (Å²) in [6.07, 6.45) is 0.761. The number of nitrogens with two attached hydrogens (primary N) is 1. The van der Waals surface area contributed by atoms with Crippen LogP contribution < -0.4 is 11.1 Å². The zero-order valence-corrected chi connectivity index (χ0v) is 24.1. The highest BCUT2D eigenvalue weighted by molar-refractivity contribution is 7.13. The van der Waals surface area contributed by atoms with Gasteiger partial charge < -0.3 is 16.2 Å². The highest BCUT2D eigenvalue weighted by Crippen LogP contribution is 2.37. The maximum atomic E-state index is 13.2. The van der Waals surface area contributed by atoms with Crippen LogP contribution in [0.25, 0.3) is 38.9 Å². The van der Waals surface area contributed by atoms with E-state index in [1.54, 1.807) is 24.4 Å². The number of hydrogen-bond acceptors (Lipinski definition) is 9. The summed E-state index contributed by atoms with van der Waals surface area (Å²) in [6.45, 7) is 0. The maximum Gasteiger partial charge on any atom is 0.281 e. The van der Waals surface area contributed by atoms with E-state index in [1.165, 1.54) is 23.6 Å². The third-order valence-electron chi connectivity index (χ3n) is 7.73. The number of pyridine rings is 2. The molecule has 4 N–H and O–H groups in total. The average molecular weight is 624 g/mol. The second kappa shape index (κ2) is 11.2. The lowest BCUT2D eigenvalue weighted by Gasteiger charge is -2.16. The lowest BCUT2D eigenvalue weighted by atomic mass is 10.1. The molecular formula is C32H23F2N7O3S. The molecule has 0 fully saturated rings. The Labute approximate surface area is 258 Å². The van der Waals surface area contributed by atoms with Crippen molar-refractivity contribution in [1.29, 1.82) is 0 Å². The first kappa shape index (κ1) is 28.2. The number of carbonyl (C=O) groups excluding carboxylic acids is 2. The SMILES string of the molecule is Nc1ncccc1-c1nc2ccc(-c3nc(C(F)F)cs3)nc2n1-c1ccc2c(c1)CC[C@@H]2NC(=O)c1ccc(O)c(C=O)c1. The Morgan fingerprint density at radius 3 is 2.76 bits per heavy atom. The van der Waals surface area contributed by atoms with Crippen LogP contribution in [0, 0.1) is 0 Å². The van der Waals surface area contributed by atoms with Gasteiger partial charge in [0.15, 0.2) is 17.8 Å². The van der Waals surface area contributed by atoms with Crippen molar-refractivity contribution in [3.63, 3.8) is 0 Å². The Morgan fingerprint density at radius 1 is 1.11 bits per heavy atom. The fourth-order valence-corrected chi connectivity index (χ4v) is 6.32. The first-order valence-corrected chi connectivity index (χ1v) is 14.7. The van der Waals surface area contributed by atoms with Crippen LogP contribution in [0.15, 0.2) is 72.2 Å². The van der Waals surface area contributed by atoms with E-state index in [2.05, 4.69) is 15.3 Å². The minimum atomic E-state index is -2.68. The average Bonchev–Trinajstić information content (AvgIpc) is 3.78. The van der Waals surface area contributed by atoms with Gasteiger partial charge in [-0.25, -0.2) is 28.7 Å². The highest BCUT2D eigenvalue weighted by Gasteiger charge is 2.27. The normalized spacial score (nSPS) is 14.2. The number of aldehydes is 1. The van der Waals surface area contributed by atoms with Crippen molar-refractivity contribution in [1.82, 2.24) is 29.8 Å². The van der Waals surface area contributed by atoms with Gasteiger partial charge in [0.25, 0.3) is 12.3 Å². The molecular weight excluding hydrogens is 600 g/mol. The van der Waals surface area contributed by atoms with Crippen LogP contribution in [-0.2, 0) is 6.42 Å². The van der Waals surface area contributed by atoms with Gasteiger partial charge in [0, 0.05) is 22.8 Å². The Hall–Kier alpha value is -5.56. The first-order valence-electron chi connectivity index (χ1n) is 13.9. The van der Waals surface area contributed by atoms with Crippen molar-refractivity contribution in [2.75, 3.05) is 5.73 Å². The van der Waals surface area contributed by atoms with Gasteiger partial charge in [-0.05, 0) is 78.6 Å². The number of phenolic OH excluding ortho intramolecular Hbond substituents is 1. The molecule has 2 aromatic carbocycles. The summed E-state index contributed by atoms with van der Waals surface area (Å²) in [5, 5.41) is 14.5. The molecule has 0 saturated carbocycles. The number of amides is 1. The monoisotopic (exact) mass is 623 g/mol. The van der Waals surface area contributed by atoms with Crippen LogP contribution in [0.4, 0.5) is 14.6 Å². The zero-order valence-electron chi connectivity index (χ0n) is 23.3. The number of aromatic nitrogens is 5. The largest absolute Gasteiger partial charge is 0.507 e. The number of aromatic hydroxyl groups is 1. The summed E-state index contributed by atoms with van der Waals surface area (Å²) in [5.74, 6) is 0.246. The lowest BCUT2D eigenvalue weighted by Crippen LogP contribution is -2.27. The van der Waals surface area contributed by atoms with Gasteiger partial charge in [-0.15, -0.1) is 11.3 Å². The molecule has 13 heteroatoms. The van der Waals surface area contributed by atoms with E-state index in [0.29, 0.717) is 52.4 Å². The number of aryl methyl sites for hydroxylation is 1. The molecule has 0 unspecified atom stereocenters. The fraction of sp³-hybridized carbons (Fsp3) is 0.125. The molecule has 4 aromatic heterocycles. The number of thiazole rings is 1. The molecule has 224 valence electrons. The summed E-state index contributed by atoms with van der Waals surface area (Å²) in [5.41, 5.74) is 11.1. The maximum absolute atomic E-state index is 13.2. The first-order chi connectivity index (χ1) is 21.8. The standard InChI is InChI=1S/C32H23F2N7O3S/c33-27(34)25-15-45-32(40-25)24-9-8-23-30(38-24)41(29(37-23)21-2-1-11-36-28(21)35)19-5-6-20-16(13-19)3-7-22(20)39-31(44)17-4-10-26(43)18(12-17)14-42/h1-2,4-6,8-15,22,27,43H,3,7H2,(H2,35,36)(H,39,44)/t22-/m0/s1. The van der Waals surface area contributed by atoms with Gasteiger partial charge in [0.2, 0.25) is 0 Å². The summed E-state index contributed by atoms with van der Waals surface area (Å²) in [7, 11) is 0. The number of nitrogen functional groups attached to an aromatic ring is 1. The number of imidazole rings is 1. The number of halogens is 2. The van der Waals surface area contributed by atoms with Crippen LogP contribution in [0.1, 0.15) is 56.4 Å². The molecule has 1 aliphatic rings. The van der Waals surface area contributed by atoms with Gasteiger partial charge in [-0.2, -0.15) is 0 Å². The van der Waals surface area contributed by atoms with E-state index in [1.807, 2.05) is 28.8 Å². The van der Waals surface area contributed by atoms with Crippen molar-refractivity contribution in [2.24, 2.45) is 0 Å². The Kier molecular flexibility index (Phi) is 7.01. The number of carbonyl (C=O) groups is 2. The predicted molar refractivity (Wildman–Crippen MR) is 165 cm³/mol. The molecule has 0 bridgehead atoms. The molecule has 6 aromatic rings. The topological polar surface area (TPSA) is 149 Å². The van der Waals surface area contributed by atoms with Crippen molar-refractivity contribution < 1.29 is 23.5 Å². The summed E-state index contributed by atoms with van der Waals surface area (Å²) in [6, 6.07) is 16.8. The van der Waals surface area contributed by atoms with Crippen molar-refractivity contribution in [2.45, 2.75) is 25.3 Å². The number of phenols is 1. The van der Waals surface area contributed by atoms with Gasteiger partial charge >= 0.3 is 0 Å². The summed E-state index contributed by atoms with van der Waals surface area (Å²) in [4.78, 5) is 42.2. The molecule has 10 nitrogen and oxygen atoms in total. The molecule has 0 spiro atoms. The molecule has 45 heavy (non-hydrogen) atoms. The smallest absolute Gasteiger partial charge is 0.281 e. The van der Waals surface area contributed by atoms with E-state index in [0.717, 1.165) is 28.2 Å². The second-order valence-corrected chi connectivity index (χ2v) is 11.3. The number of anilines is 1. The molecule has 0 saturated heterocycles. The number of hydrogen-bond donors (Lipinski definition) is 3. The van der Waals surface area contributed by atoms with E-state index in [9.17, 15) is 23.5 Å². The van der Waals surface area contributed by atoms with Crippen molar-refractivity contribution in [3.8, 4) is 33.5 Å². The highest BCUT2D eigenvalue weighted by atomic mass is 32.1. The van der Waals surface area contributed by atoms with Crippen LogP contribution in [0.2, 0.25) is 0 Å². The van der Waals surface area contributed by atoms with Gasteiger partial charge in [-0.1, -0.05) is 6.07 Å². The minimum absolute atomic E-state index is 0.0396. The number of nitrogens with zero attached hydrogens (tertiary/aromatic N) is 5. The summed E-state index contributed by atoms with van der Waals surface area (Å²) < 4.78 is 28.4. The molecule has 1 amide bonds. The summed E-state index contributed by atoms with van der Waals surface area (Å²) >= 11 is 1.09. The van der Waals surface area contributed by atoms with E-state index in [-0.39, 0.29) is 40.3 Å². The number of rotatable bonds is 7. The van der Waals surface area contributed by atoms with Crippen LogP contribution in [0.5, 0.6) is 5.75 Å². The quantitative estimate of drug-likeness (QED) is 0.182. The molecule has 0 aliphatic heterocycles. The molecule has 1 atom stereocenters. The number of fused-ring (bicyclic) bond motifs is 2. The van der Waals surface area contributed by atoms with E-state index < -0.39 is 6.43 Å². The minimum Gasteiger partial charge on any atom is -0.507 e. The third kappa shape index (κ3) is 5.06. The van der Waals surface area contributed by atoms with Gasteiger partial charge in [0.05, 0.1) is 17.2 Å². The second-order valence-electron chi connectivity index (χ2n) is 10.5. The van der Waals surface area contributed by atoms with E-state index >= 15 is 0 Å². The van der Waals surface area contributed by atoms with Gasteiger partial charge in [-0.3, -0.25) is 14.2 Å². The van der Waals surface area contributed by atoms with Gasteiger partial charge in [0.1, 0.15) is 33.5 Å². The Morgan fingerprint density at radius 2 is 1.98 bits per heavy atom. The van der Waals surface area contributed by atoms with Crippen LogP contribution in [0.3, 0.4) is 0 Å². The molecule has 7 rings (SSSR count). The number of nitrogens with one attached hydrogen (secondary N) is 1. The van der Waals surface area contributed by atoms with Crippen molar-refractivity contribution >= 4 is 40.5 Å². The Bertz CT molecular complexity index is 2130. The molecule has 1 aliphatic carbocycles. The van der Waals surface area contributed by atoms with E-state index in [4.69, 9.17) is 15.7 Å². The van der Waals surface area contributed by atoms with Crippen LogP contribution in [-0.4, -0.2) is 41.8 Å². The predicted octanol–water partition coefficient (Wildman–Crippen LogP) is 6.06. The molecule has 0 radical (unpaired) electrons.